The van der Waals surface area contributed by atoms with Crippen LogP contribution in [0.15, 0.2) is 26.3 Å². The first-order valence-corrected chi connectivity index (χ1v) is 8.93. The maximum atomic E-state index is 11.9. The molecule has 6 nitrogen and oxygen atoms in total. The Morgan fingerprint density at radius 1 is 1.38 bits per heavy atom. The Labute approximate surface area is 149 Å². The Kier molecular flexibility index (Phi) is 4.32. The molecule has 0 saturated heterocycles. The number of hydrogen-bond acceptors (Lipinski definition) is 4. The lowest BCUT2D eigenvalue weighted by molar-refractivity contribution is -0.120. The van der Waals surface area contributed by atoms with E-state index in [2.05, 4.69) is 52.5 Å². The molecule has 1 heterocycles. The van der Waals surface area contributed by atoms with Crippen molar-refractivity contribution in [2.45, 2.75) is 40.0 Å². The van der Waals surface area contributed by atoms with E-state index in [9.17, 15) is 9.59 Å². The van der Waals surface area contributed by atoms with Crippen molar-refractivity contribution in [1.82, 2.24) is 10.7 Å². The van der Waals surface area contributed by atoms with Crippen molar-refractivity contribution in [3.63, 3.8) is 0 Å². The van der Waals surface area contributed by atoms with Gasteiger partial charge in [-0.2, -0.15) is 5.10 Å². The zero-order chi connectivity index (χ0) is 17.5. The van der Waals surface area contributed by atoms with E-state index in [-0.39, 0.29) is 29.0 Å². The molecule has 1 aromatic rings. The molecule has 0 aromatic carbocycles. The smallest absolute Gasteiger partial charge is 0.287 e. The zero-order valence-corrected chi connectivity index (χ0v) is 15.7. The van der Waals surface area contributed by atoms with Gasteiger partial charge in [-0.3, -0.25) is 9.59 Å². The number of hydrazone groups is 1. The molecule has 2 fully saturated rings. The first kappa shape index (κ1) is 17.2. The Hall–Kier alpha value is -1.63. The molecule has 1 aromatic heterocycles. The second kappa shape index (κ2) is 6.02. The van der Waals surface area contributed by atoms with Crippen LogP contribution in [0.4, 0.5) is 0 Å². The molecular formula is C17H22BrN3O3. The molecule has 2 atom stereocenters. The van der Waals surface area contributed by atoms with Crippen LogP contribution in [0, 0.1) is 16.7 Å². The minimum Gasteiger partial charge on any atom is -0.444 e. The summed E-state index contributed by atoms with van der Waals surface area (Å²) in [7, 11) is 0. The lowest BCUT2D eigenvalue weighted by Gasteiger charge is -2.34. The van der Waals surface area contributed by atoms with Crippen LogP contribution in [-0.2, 0) is 4.79 Å². The number of nitrogens with zero attached hydrogens (tertiary/aromatic N) is 1. The Morgan fingerprint density at radius 3 is 2.67 bits per heavy atom. The summed E-state index contributed by atoms with van der Waals surface area (Å²) < 4.78 is 5.60. The first-order chi connectivity index (χ1) is 11.2. The normalized spacial score (nSPS) is 29.0. The third-order valence-electron chi connectivity index (χ3n) is 6.03. The van der Waals surface area contributed by atoms with E-state index in [0.29, 0.717) is 10.6 Å². The fourth-order valence-electron chi connectivity index (χ4n) is 3.95. The second-order valence-corrected chi connectivity index (χ2v) is 8.16. The molecule has 0 aliphatic heterocycles. The monoisotopic (exact) mass is 395 g/mol. The van der Waals surface area contributed by atoms with Gasteiger partial charge in [-0.1, -0.05) is 20.8 Å². The van der Waals surface area contributed by atoms with E-state index in [0.717, 1.165) is 18.6 Å². The van der Waals surface area contributed by atoms with E-state index in [1.54, 1.807) is 6.07 Å². The minimum absolute atomic E-state index is 0.0502. The zero-order valence-electron chi connectivity index (χ0n) is 14.1. The molecule has 130 valence electrons. The third kappa shape index (κ3) is 2.79. The largest absolute Gasteiger partial charge is 0.444 e. The number of rotatable bonds is 4. The predicted octanol–water partition coefficient (Wildman–Crippen LogP) is 3.09. The summed E-state index contributed by atoms with van der Waals surface area (Å²) in [5, 5.41) is 6.88. The Balaban J connectivity index is 1.54. The number of hydrogen-bond donors (Lipinski definition) is 2. The van der Waals surface area contributed by atoms with E-state index in [1.807, 2.05) is 0 Å². The summed E-state index contributed by atoms with van der Waals surface area (Å²) >= 11 is 3.13. The SMILES string of the molecule is CC1(C)[C@H]2CC[C@]1(C)/C(=N/NC(=O)CNC(=O)c1ccc(Br)o1)C2. The molecule has 0 unspecified atom stereocenters. The highest BCUT2D eigenvalue weighted by Gasteiger charge is 2.59. The van der Waals surface area contributed by atoms with Crippen molar-refractivity contribution in [2.24, 2.45) is 21.8 Å². The van der Waals surface area contributed by atoms with Crippen molar-refractivity contribution >= 4 is 33.5 Å². The molecule has 2 N–H and O–H groups in total. The number of carbonyl (C=O) groups excluding carboxylic acids is 2. The molecule has 3 rings (SSSR count). The van der Waals surface area contributed by atoms with Crippen LogP contribution in [0.5, 0.6) is 0 Å². The van der Waals surface area contributed by atoms with Crippen molar-refractivity contribution in [2.75, 3.05) is 6.54 Å². The number of nitrogens with one attached hydrogen (secondary N) is 2. The second-order valence-electron chi connectivity index (χ2n) is 7.37. The lowest BCUT2D eigenvalue weighted by atomic mass is 9.70. The van der Waals surface area contributed by atoms with Gasteiger partial charge in [-0.05, 0) is 58.7 Å². The molecule has 2 amide bonds. The quantitative estimate of drug-likeness (QED) is 0.768. The average Bonchev–Trinajstić information content (AvgIpc) is 3.11. The van der Waals surface area contributed by atoms with Gasteiger partial charge in [0.25, 0.3) is 11.8 Å². The van der Waals surface area contributed by atoms with Crippen molar-refractivity contribution in [3.05, 3.63) is 22.6 Å². The average molecular weight is 396 g/mol. The molecule has 7 heteroatoms. The van der Waals surface area contributed by atoms with Gasteiger partial charge in [-0.15, -0.1) is 0 Å². The van der Waals surface area contributed by atoms with Gasteiger partial charge in [0.1, 0.15) is 0 Å². The molecule has 0 radical (unpaired) electrons. The van der Waals surface area contributed by atoms with Gasteiger partial charge >= 0.3 is 0 Å². The Morgan fingerprint density at radius 2 is 2.12 bits per heavy atom. The van der Waals surface area contributed by atoms with E-state index in [4.69, 9.17) is 4.42 Å². The molecule has 2 aliphatic rings. The van der Waals surface area contributed by atoms with Crippen LogP contribution >= 0.6 is 15.9 Å². The van der Waals surface area contributed by atoms with Crippen LogP contribution in [0.2, 0.25) is 0 Å². The van der Waals surface area contributed by atoms with Gasteiger partial charge in [0.05, 0.1) is 6.54 Å². The van der Waals surface area contributed by atoms with E-state index >= 15 is 0 Å². The number of amides is 2. The number of furan rings is 1. The molecule has 0 spiro atoms. The minimum atomic E-state index is -0.434. The molecule has 24 heavy (non-hydrogen) atoms. The van der Waals surface area contributed by atoms with Gasteiger partial charge in [0.15, 0.2) is 10.4 Å². The summed E-state index contributed by atoms with van der Waals surface area (Å²) in [5.74, 6) is 0.0146. The van der Waals surface area contributed by atoms with Gasteiger partial charge in [0, 0.05) is 11.1 Å². The highest BCUT2D eigenvalue weighted by atomic mass is 79.9. The van der Waals surface area contributed by atoms with Crippen LogP contribution < -0.4 is 10.7 Å². The highest BCUT2D eigenvalue weighted by molar-refractivity contribution is 9.10. The highest BCUT2D eigenvalue weighted by Crippen LogP contribution is 2.63. The van der Waals surface area contributed by atoms with Crippen molar-refractivity contribution in [1.29, 1.82) is 0 Å². The molecule has 2 bridgehead atoms. The van der Waals surface area contributed by atoms with Crippen LogP contribution in [-0.4, -0.2) is 24.1 Å². The fraction of sp³-hybridized carbons (Fsp3) is 0.588. The lowest BCUT2D eigenvalue weighted by Crippen LogP contribution is -2.37. The van der Waals surface area contributed by atoms with E-state index in [1.165, 1.54) is 12.5 Å². The first-order valence-electron chi connectivity index (χ1n) is 8.13. The van der Waals surface area contributed by atoms with E-state index < -0.39 is 5.91 Å². The summed E-state index contributed by atoms with van der Waals surface area (Å²) in [6, 6.07) is 3.16. The van der Waals surface area contributed by atoms with Crippen molar-refractivity contribution in [3.8, 4) is 0 Å². The maximum Gasteiger partial charge on any atom is 0.287 e. The molecular weight excluding hydrogens is 374 g/mol. The van der Waals surface area contributed by atoms with Crippen LogP contribution in [0.25, 0.3) is 0 Å². The number of carbonyl (C=O) groups is 2. The standard InChI is InChI=1S/C17H22BrN3O3/c1-16(2)10-6-7-17(16,3)12(8-10)20-21-14(22)9-19-15(23)11-4-5-13(18)24-11/h4-5,10H,6-9H2,1-3H3,(H,19,23)(H,21,22)/b20-12+/t10-,17+/m0/s1. The van der Waals surface area contributed by atoms with Crippen LogP contribution in [0.1, 0.15) is 50.6 Å². The Bertz CT molecular complexity index is 710. The summed E-state index contributed by atoms with van der Waals surface area (Å²) in [6.45, 7) is 6.67. The van der Waals surface area contributed by atoms with Gasteiger partial charge in [-0.25, -0.2) is 5.43 Å². The predicted molar refractivity (Wildman–Crippen MR) is 93.5 cm³/mol. The number of fused-ring (bicyclic) bond motifs is 2. The third-order valence-corrected chi connectivity index (χ3v) is 6.46. The fourth-order valence-corrected chi connectivity index (χ4v) is 4.26. The van der Waals surface area contributed by atoms with Gasteiger partial charge < -0.3 is 9.73 Å². The van der Waals surface area contributed by atoms with Crippen LogP contribution in [0.3, 0.4) is 0 Å². The summed E-state index contributed by atoms with van der Waals surface area (Å²) in [6.07, 6.45) is 3.28. The molecule has 2 saturated carbocycles. The maximum absolute atomic E-state index is 11.9. The topological polar surface area (TPSA) is 83.7 Å². The summed E-state index contributed by atoms with van der Waals surface area (Å²) in [4.78, 5) is 23.8. The van der Waals surface area contributed by atoms with Gasteiger partial charge in [0.2, 0.25) is 0 Å². The summed E-state index contributed by atoms with van der Waals surface area (Å²) in [5.41, 5.74) is 3.92. The molecule has 2 aliphatic carbocycles. The van der Waals surface area contributed by atoms with Crippen molar-refractivity contribution < 1.29 is 14.0 Å². The number of halogens is 1.